The third-order valence-corrected chi connectivity index (χ3v) is 5.58. The fourth-order valence-electron chi connectivity index (χ4n) is 4.28. The van der Waals surface area contributed by atoms with Gasteiger partial charge in [0, 0.05) is 25.7 Å². The Kier molecular flexibility index (Phi) is 5.31. The van der Waals surface area contributed by atoms with Crippen LogP contribution in [0.3, 0.4) is 0 Å². The highest BCUT2D eigenvalue weighted by Crippen LogP contribution is 2.24. The van der Waals surface area contributed by atoms with Gasteiger partial charge < -0.3 is 10.1 Å². The van der Waals surface area contributed by atoms with E-state index >= 15 is 0 Å². The second kappa shape index (κ2) is 7.83. The van der Waals surface area contributed by atoms with Gasteiger partial charge in [-0.3, -0.25) is 19.9 Å². The summed E-state index contributed by atoms with van der Waals surface area (Å²) >= 11 is 0. The fraction of sp³-hybridized carbons (Fsp3) is 0.632. The van der Waals surface area contributed by atoms with E-state index in [0.29, 0.717) is 12.5 Å². The van der Waals surface area contributed by atoms with Crippen LogP contribution in [0.4, 0.5) is 0 Å². The lowest BCUT2D eigenvalue weighted by Crippen LogP contribution is -2.68. The van der Waals surface area contributed by atoms with Gasteiger partial charge in [0.1, 0.15) is 6.29 Å². The van der Waals surface area contributed by atoms with E-state index in [1.807, 2.05) is 0 Å². The first-order valence-corrected chi connectivity index (χ1v) is 9.46. The van der Waals surface area contributed by atoms with Gasteiger partial charge in [0.25, 0.3) is 0 Å². The first-order valence-electron chi connectivity index (χ1n) is 9.46. The number of carbonyl (C=O) groups excluding carboxylic acids is 1. The van der Waals surface area contributed by atoms with E-state index in [-0.39, 0.29) is 18.4 Å². The Morgan fingerprint density at radius 2 is 1.92 bits per heavy atom. The Morgan fingerprint density at radius 3 is 2.72 bits per heavy atom. The van der Waals surface area contributed by atoms with Crippen molar-refractivity contribution in [2.75, 3.05) is 32.8 Å². The van der Waals surface area contributed by atoms with E-state index in [9.17, 15) is 4.79 Å². The summed E-state index contributed by atoms with van der Waals surface area (Å²) in [6.07, 6.45) is 3.98. The average molecular weight is 344 g/mol. The van der Waals surface area contributed by atoms with Crippen molar-refractivity contribution in [2.24, 2.45) is 0 Å². The number of carbonyl (C=O) groups is 1. The van der Waals surface area contributed by atoms with Crippen molar-refractivity contribution < 1.29 is 9.53 Å². The minimum absolute atomic E-state index is 0.0645. The molecule has 0 saturated carbocycles. The molecule has 6 heteroatoms. The molecule has 2 N–H and O–H groups in total. The Bertz CT molecular complexity index is 576. The summed E-state index contributed by atoms with van der Waals surface area (Å²) in [5, 5.41) is 6.84. The highest BCUT2D eigenvalue weighted by atomic mass is 16.5. The van der Waals surface area contributed by atoms with Crippen LogP contribution in [-0.2, 0) is 16.0 Å². The zero-order chi connectivity index (χ0) is 17.1. The highest BCUT2D eigenvalue weighted by molar-refractivity contribution is 5.77. The van der Waals surface area contributed by atoms with Gasteiger partial charge in [0.15, 0.2) is 0 Å². The molecule has 4 rings (SSSR count). The van der Waals surface area contributed by atoms with Gasteiger partial charge in [-0.15, -0.1) is 0 Å². The van der Waals surface area contributed by atoms with Crippen molar-refractivity contribution in [3.05, 3.63) is 35.9 Å². The zero-order valence-corrected chi connectivity index (χ0v) is 14.7. The molecule has 6 nitrogen and oxygen atoms in total. The number of likely N-dealkylation sites (tertiary alicyclic amines) is 1. The number of nitrogens with zero attached hydrogens (tertiary/aromatic N) is 2. The molecule has 1 aromatic rings. The molecule has 1 amide bonds. The highest BCUT2D eigenvalue weighted by Gasteiger charge is 2.37. The van der Waals surface area contributed by atoms with Gasteiger partial charge in [0.2, 0.25) is 5.91 Å². The van der Waals surface area contributed by atoms with Crippen LogP contribution in [-0.4, -0.2) is 67.1 Å². The molecule has 3 atom stereocenters. The SMILES string of the molecule is O=C1CC(N2CCOCC2)NC(N2CCC[C@@H]2Cc2ccccc2)N1. The molecule has 3 heterocycles. The Labute approximate surface area is 149 Å². The molecule has 3 fully saturated rings. The summed E-state index contributed by atoms with van der Waals surface area (Å²) in [5.74, 6) is 0.144. The van der Waals surface area contributed by atoms with Crippen LogP contribution >= 0.6 is 0 Å². The monoisotopic (exact) mass is 344 g/mol. The lowest BCUT2D eigenvalue weighted by atomic mass is 10.0. The first kappa shape index (κ1) is 17.0. The summed E-state index contributed by atoms with van der Waals surface area (Å²) in [4.78, 5) is 17.1. The maximum absolute atomic E-state index is 12.3. The minimum atomic E-state index is -0.0645. The average Bonchev–Trinajstić information content (AvgIpc) is 3.11. The van der Waals surface area contributed by atoms with Crippen molar-refractivity contribution in [3.8, 4) is 0 Å². The molecule has 1 aromatic carbocycles. The number of rotatable bonds is 4. The molecule has 3 aliphatic rings. The Hall–Kier alpha value is -1.47. The van der Waals surface area contributed by atoms with Gasteiger partial charge in [0.05, 0.1) is 25.8 Å². The summed E-state index contributed by atoms with van der Waals surface area (Å²) in [5.41, 5.74) is 1.37. The van der Waals surface area contributed by atoms with Gasteiger partial charge in [-0.05, 0) is 24.8 Å². The van der Waals surface area contributed by atoms with Crippen molar-refractivity contribution in [1.82, 2.24) is 20.4 Å². The smallest absolute Gasteiger partial charge is 0.225 e. The van der Waals surface area contributed by atoms with Gasteiger partial charge in [-0.2, -0.15) is 0 Å². The Morgan fingerprint density at radius 1 is 1.12 bits per heavy atom. The number of hydrogen-bond donors (Lipinski definition) is 2. The maximum Gasteiger partial charge on any atom is 0.225 e. The van der Waals surface area contributed by atoms with Gasteiger partial charge >= 0.3 is 0 Å². The topological polar surface area (TPSA) is 56.8 Å². The molecule has 25 heavy (non-hydrogen) atoms. The van der Waals surface area contributed by atoms with E-state index in [2.05, 4.69) is 50.8 Å². The van der Waals surface area contributed by atoms with Crippen LogP contribution in [0.25, 0.3) is 0 Å². The number of ether oxygens (including phenoxy) is 1. The molecule has 0 bridgehead atoms. The lowest BCUT2D eigenvalue weighted by molar-refractivity contribution is -0.131. The van der Waals surface area contributed by atoms with Crippen LogP contribution in [0.5, 0.6) is 0 Å². The molecule has 3 saturated heterocycles. The number of morpholine rings is 1. The van der Waals surface area contributed by atoms with E-state index in [4.69, 9.17) is 4.74 Å². The summed E-state index contributed by atoms with van der Waals surface area (Å²) in [6.45, 7) is 4.33. The van der Waals surface area contributed by atoms with Gasteiger partial charge in [-0.1, -0.05) is 30.3 Å². The number of nitrogens with one attached hydrogen (secondary N) is 2. The van der Waals surface area contributed by atoms with Gasteiger partial charge in [-0.25, -0.2) is 0 Å². The van der Waals surface area contributed by atoms with Crippen LogP contribution in [0, 0.1) is 0 Å². The standard InChI is InChI=1S/C19H28N4O2/c24-18-14-17(22-9-11-25-12-10-22)20-19(21-18)23-8-4-7-16(23)13-15-5-2-1-3-6-15/h1-3,5-6,16-17,19-20H,4,7-14H2,(H,21,24)/t16-,17?,19?/m1/s1. The third kappa shape index (κ3) is 4.03. The van der Waals surface area contributed by atoms with Crippen LogP contribution in [0.15, 0.2) is 30.3 Å². The number of amides is 1. The molecule has 0 aliphatic carbocycles. The molecular weight excluding hydrogens is 316 g/mol. The summed E-state index contributed by atoms with van der Waals surface area (Å²) < 4.78 is 5.45. The first-order chi connectivity index (χ1) is 12.3. The second-order valence-corrected chi connectivity index (χ2v) is 7.23. The van der Waals surface area contributed by atoms with Crippen LogP contribution in [0.1, 0.15) is 24.8 Å². The lowest BCUT2D eigenvalue weighted by Gasteiger charge is -2.44. The minimum Gasteiger partial charge on any atom is -0.379 e. The fourth-order valence-corrected chi connectivity index (χ4v) is 4.28. The number of benzene rings is 1. The zero-order valence-electron chi connectivity index (χ0n) is 14.7. The van der Waals surface area contributed by atoms with E-state index in [0.717, 1.165) is 39.3 Å². The van der Waals surface area contributed by atoms with Crippen LogP contribution in [0.2, 0.25) is 0 Å². The van der Waals surface area contributed by atoms with Crippen LogP contribution < -0.4 is 10.6 Å². The third-order valence-electron chi connectivity index (χ3n) is 5.58. The Balaban J connectivity index is 1.42. The molecule has 0 radical (unpaired) electrons. The summed E-state index contributed by atoms with van der Waals surface area (Å²) in [7, 11) is 0. The molecule has 2 unspecified atom stereocenters. The van der Waals surface area contributed by atoms with Crippen molar-refractivity contribution in [2.45, 2.75) is 44.2 Å². The quantitative estimate of drug-likeness (QED) is 0.844. The molecule has 136 valence electrons. The molecular formula is C19H28N4O2. The maximum atomic E-state index is 12.3. The number of hydrogen-bond acceptors (Lipinski definition) is 5. The van der Waals surface area contributed by atoms with E-state index in [1.54, 1.807) is 0 Å². The molecule has 0 aromatic heterocycles. The molecule has 3 aliphatic heterocycles. The van der Waals surface area contributed by atoms with Crippen molar-refractivity contribution >= 4 is 5.91 Å². The normalized spacial score (nSPS) is 31.8. The second-order valence-electron chi connectivity index (χ2n) is 7.23. The van der Waals surface area contributed by atoms with E-state index < -0.39 is 0 Å². The largest absolute Gasteiger partial charge is 0.379 e. The van der Waals surface area contributed by atoms with Crippen molar-refractivity contribution in [1.29, 1.82) is 0 Å². The summed E-state index contributed by atoms with van der Waals surface area (Å²) in [6, 6.07) is 11.1. The van der Waals surface area contributed by atoms with E-state index in [1.165, 1.54) is 18.4 Å². The van der Waals surface area contributed by atoms with Crippen molar-refractivity contribution in [3.63, 3.8) is 0 Å². The molecule has 0 spiro atoms. The predicted octanol–water partition coefficient (Wildman–Crippen LogP) is 0.745. The predicted molar refractivity (Wildman–Crippen MR) is 95.7 cm³/mol.